The number of hydrogen-bond acceptors (Lipinski definition) is 2. The van der Waals surface area contributed by atoms with Gasteiger partial charge in [0, 0.05) is 31.3 Å². The molecule has 0 aliphatic heterocycles. The molecule has 0 saturated carbocycles. The van der Waals surface area contributed by atoms with Gasteiger partial charge in [-0.3, -0.25) is 9.78 Å². The van der Waals surface area contributed by atoms with Crippen LogP contribution in [0.1, 0.15) is 29.0 Å². The molecule has 132 valence electrons. The van der Waals surface area contributed by atoms with Crippen LogP contribution in [-0.4, -0.2) is 17.4 Å². The Kier molecular flexibility index (Phi) is 6.09. The van der Waals surface area contributed by atoms with Crippen LogP contribution in [0.15, 0.2) is 79.1 Å². The van der Waals surface area contributed by atoms with Gasteiger partial charge in [-0.25, -0.2) is 4.39 Å². The van der Waals surface area contributed by atoms with Gasteiger partial charge in [0.15, 0.2) is 0 Å². The van der Waals surface area contributed by atoms with E-state index in [0.717, 1.165) is 17.5 Å². The van der Waals surface area contributed by atoms with Crippen LogP contribution in [0.3, 0.4) is 0 Å². The number of aromatic nitrogens is 1. The molecule has 3 aromatic rings. The number of benzene rings is 2. The molecule has 0 fully saturated rings. The highest BCUT2D eigenvalue weighted by atomic mass is 19.1. The Morgan fingerprint density at radius 3 is 2.38 bits per heavy atom. The van der Waals surface area contributed by atoms with E-state index in [9.17, 15) is 9.18 Å². The molecule has 4 heteroatoms. The third-order valence-electron chi connectivity index (χ3n) is 4.36. The monoisotopic (exact) mass is 348 g/mol. The molecule has 26 heavy (non-hydrogen) atoms. The molecule has 3 rings (SSSR count). The number of amides is 1. The van der Waals surface area contributed by atoms with Crippen molar-refractivity contribution in [1.29, 1.82) is 0 Å². The largest absolute Gasteiger partial charge is 0.356 e. The fourth-order valence-corrected chi connectivity index (χ4v) is 3.00. The Labute approximate surface area is 152 Å². The maximum absolute atomic E-state index is 14.3. The van der Waals surface area contributed by atoms with Crippen molar-refractivity contribution < 1.29 is 9.18 Å². The van der Waals surface area contributed by atoms with Crippen molar-refractivity contribution in [2.45, 2.75) is 18.8 Å². The van der Waals surface area contributed by atoms with Crippen molar-refractivity contribution in [2.24, 2.45) is 0 Å². The van der Waals surface area contributed by atoms with Crippen LogP contribution in [0.5, 0.6) is 0 Å². The molecular weight excluding hydrogens is 327 g/mol. The highest BCUT2D eigenvalue weighted by Gasteiger charge is 2.20. The van der Waals surface area contributed by atoms with E-state index in [0.29, 0.717) is 12.1 Å². The lowest BCUT2D eigenvalue weighted by molar-refractivity contribution is -0.121. The Balaban J connectivity index is 1.68. The van der Waals surface area contributed by atoms with Crippen molar-refractivity contribution in [2.75, 3.05) is 6.54 Å². The molecular formula is C22H21FN2O. The number of halogens is 1. The number of carbonyl (C=O) groups excluding carboxylic acids is 1. The molecule has 0 saturated heterocycles. The molecule has 0 spiro atoms. The molecule has 1 atom stereocenters. The quantitative estimate of drug-likeness (QED) is 0.698. The van der Waals surface area contributed by atoms with Gasteiger partial charge in [-0.2, -0.15) is 0 Å². The van der Waals surface area contributed by atoms with Gasteiger partial charge < -0.3 is 5.32 Å². The highest BCUT2D eigenvalue weighted by molar-refractivity contribution is 5.77. The molecule has 1 heterocycles. The van der Waals surface area contributed by atoms with Crippen LogP contribution in [0.25, 0.3) is 0 Å². The van der Waals surface area contributed by atoms with E-state index in [1.54, 1.807) is 30.6 Å². The minimum absolute atomic E-state index is 0.0869. The zero-order valence-corrected chi connectivity index (χ0v) is 14.4. The predicted molar refractivity (Wildman–Crippen MR) is 100 cm³/mol. The number of rotatable bonds is 7. The minimum atomic E-state index is -0.307. The van der Waals surface area contributed by atoms with Gasteiger partial charge in [0.1, 0.15) is 5.82 Å². The minimum Gasteiger partial charge on any atom is -0.356 e. The summed E-state index contributed by atoms with van der Waals surface area (Å²) in [6.45, 7) is 0.543. The van der Waals surface area contributed by atoms with Crippen molar-refractivity contribution in [3.05, 3.63) is 102 Å². The van der Waals surface area contributed by atoms with Gasteiger partial charge >= 0.3 is 0 Å². The van der Waals surface area contributed by atoms with Crippen LogP contribution < -0.4 is 5.32 Å². The summed E-state index contributed by atoms with van der Waals surface area (Å²) in [6, 6.07) is 20.1. The summed E-state index contributed by atoms with van der Waals surface area (Å²) in [7, 11) is 0. The Bertz CT molecular complexity index is 837. The van der Waals surface area contributed by atoms with E-state index in [1.807, 2.05) is 42.5 Å². The van der Waals surface area contributed by atoms with E-state index in [1.165, 1.54) is 6.07 Å². The first-order chi connectivity index (χ1) is 12.7. The van der Waals surface area contributed by atoms with Crippen molar-refractivity contribution in [3.63, 3.8) is 0 Å². The van der Waals surface area contributed by atoms with Crippen LogP contribution in [0, 0.1) is 5.82 Å². The van der Waals surface area contributed by atoms with Crippen LogP contribution >= 0.6 is 0 Å². The van der Waals surface area contributed by atoms with Gasteiger partial charge in [0.2, 0.25) is 5.91 Å². The normalized spacial score (nSPS) is 11.7. The van der Waals surface area contributed by atoms with Crippen molar-refractivity contribution in [1.82, 2.24) is 10.3 Å². The van der Waals surface area contributed by atoms with E-state index in [2.05, 4.69) is 10.3 Å². The standard InChI is InChI=1S/C22H21FN2O/c23-21-9-5-4-8-19(21)20(18-6-2-1-3-7-18)16-22(26)25-15-12-17-10-13-24-14-11-17/h1-11,13-14,20H,12,15-16H2,(H,25,26). The fraction of sp³-hybridized carbons (Fsp3) is 0.182. The maximum Gasteiger partial charge on any atom is 0.220 e. The summed E-state index contributed by atoms with van der Waals surface area (Å²) in [6.07, 6.45) is 4.42. The summed E-state index contributed by atoms with van der Waals surface area (Å²) in [5, 5.41) is 2.94. The maximum atomic E-state index is 14.3. The lowest BCUT2D eigenvalue weighted by Crippen LogP contribution is -2.27. The molecule has 3 nitrogen and oxygen atoms in total. The van der Waals surface area contributed by atoms with Gasteiger partial charge in [-0.15, -0.1) is 0 Å². The summed E-state index contributed by atoms with van der Waals surface area (Å²) in [5.41, 5.74) is 2.60. The smallest absolute Gasteiger partial charge is 0.220 e. The first kappa shape index (κ1) is 17.8. The second kappa shape index (κ2) is 8.90. The van der Waals surface area contributed by atoms with Crippen molar-refractivity contribution >= 4 is 5.91 Å². The number of nitrogens with one attached hydrogen (secondary N) is 1. The van der Waals surface area contributed by atoms with Gasteiger partial charge in [-0.05, 0) is 41.3 Å². The Morgan fingerprint density at radius 2 is 1.65 bits per heavy atom. The van der Waals surface area contributed by atoms with Crippen molar-refractivity contribution in [3.8, 4) is 0 Å². The van der Waals surface area contributed by atoms with Crippen LogP contribution in [0.4, 0.5) is 4.39 Å². The Hall–Kier alpha value is -3.01. The molecule has 2 aromatic carbocycles. The molecule has 0 aliphatic carbocycles. The van der Waals surface area contributed by atoms with E-state index in [4.69, 9.17) is 0 Å². The zero-order chi connectivity index (χ0) is 18.2. The summed E-state index contributed by atoms with van der Waals surface area (Å²) < 4.78 is 14.3. The van der Waals surface area contributed by atoms with Gasteiger partial charge in [-0.1, -0.05) is 48.5 Å². The van der Waals surface area contributed by atoms with E-state index in [-0.39, 0.29) is 24.1 Å². The molecule has 0 radical (unpaired) electrons. The number of hydrogen-bond donors (Lipinski definition) is 1. The third kappa shape index (κ3) is 4.76. The molecule has 0 bridgehead atoms. The van der Waals surface area contributed by atoms with Crippen LogP contribution in [0.2, 0.25) is 0 Å². The first-order valence-corrected chi connectivity index (χ1v) is 8.69. The molecule has 0 aliphatic rings. The van der Waals surface area contributed by atoms with Gasteiger partial charge in [0.25, 0.3) is 0 Å². The fourth-order valence-electron chi connectivity index (χ4n) is 3.00. The summed E-state index contributed by atoms with van der Waals surface area (Å²) in [5.74, 6) is -0.680. The van der Waals surface area contributed by atoms with E-state index < -0.39 is 0 Å². The third-order valence-corrected chi connectivity index (χ3v) is 4.36. The molecule has 1 unspecified atom stereocenters. The first-order valence-electron chi connectivity index (χ1n) is 8.69. The van der Waals surface area contributed by atoms with Gasteiger partial charge in [0.05, 0.1) is 0 Å². The predicted octanol–water partition coefficient (Wildman–Crippen LogP) is 4.10. The zero-order valence-electron chi connectivity index (χ0n) is 14.4. The highest BCUT2D eigenvalue weighted by Crippen LogP contribution is 2.29. The lowest BCUT2D eigenvalue weighted by Gasteiger charge is -2.18. The summed E-state index contributed by atoms with van der Waals surface area (Å²) >= 11 is 0. The number of nitrogens with zero attached hydrogens (tertiary/aromatic N) is 1. The van der Waals surface area contributed by atoms with Crippen LogP contribution in [-0.2, 0) is 11.2 Å². The second-order valence-corrected chi connectivity index (χ2v) is 6.14. The number of carbonyl (C=O) groups is 1. The SMILES string of the molecule is O=C(CC(c1ccccc1)c1ccccc1F)NCCc1ccncc1. The topological polar surface area (TPSA) is 42.0 Å². The Morgan fingerprint density at radius 1 is 0.962 bits per heavy atom. The molecule has 1 aromatic heterocycles. The molecule has 1 N–H and O–H groups in total. The summed E-state index contributed by atoms with van der Waals surface area (Å²) in [4.78, 5) is 16.4. The molecule has 1 amide bonds. The lowest BCUT2D eigenvalue weighted by atomic mass is 9.88. The average Bonchev–Trinajstić information content (AvgIpc) is 2.68. The number of pyridine rings is 1. The second-order valence-electron chi connectivity index (χ2n) is 6.14. The average molecular weight is 348 g/mol. The van der Waals surface area contributed by atoms with E-state index >= 15 is 0 Å².